The molecule has 0 bridgehead atoms. The minimum atomic E-state index is 0.727. The minimum Gasteiger partial charge on any atom is -0.299 e. The number of likely N-dealkylation sites (N-methyl/N-ethyl adjacent to an activating group) is 1. The Morgan fingerprint density at radius 3 is 2.27 bits per heavy atom. The van der Waals surface area contributed by atoms with Crippen LogP contribution in [0.5, 0.6) is 0 Å². The highest BCUT2D eigenvalue weighted by Crippen LogP contribution is 2.15. The van der Waals surface area contributed by atoms with Crippen molar-refractivity contribution < 1.29 is 0 Å². The van der Waals surface area contributed by atoms with Crippen LogP contribution in [0.2, 0.25) is 0 Å². The maximum absolute atomic E-state index is 4.42. The first kappa shape index (κ1) is 9.01. The fourth-order valence-electron chi connectivity index (χ4n) is 1.88. The molecule has 0 saturated carbocycles. The molecule has 65 valence electrons. The Bertz CT molecular complexity index is 110. The molecule has 2 atom stereocenters. The van der Waals surface area contributed by atoms with Crippen LogP contribution < -0.4 is 5.32 Å². The predicted molar refractivity (Wildman–Crippen MR) is 47.7 cm³/mol. The highest BCUT2D eigenvalue weighted by Gasteiger charge is 2.27. The van der Waals surface area contributed by atoms with Gasteiger partial charge in [0.05, 0.1) is 0 Å². The highest BCUT2D eigenvalue weighted by atomic mass is 15.2. The molecule has 0 amide bonds. The van der Waals surface area contributed by atoms with Crippen molar-refractivity contribution in [2.45, 2.75) is 26.8 Å². The zero-order chi connectivity index (χ0) is 8.27. The lowest BCUT2D eigenvalue weighted by molar-refractivity contribution is 0.197. The van der Waals surface area contributed by atoms with Gasteiger partial charge in [-0.1, -0.05) is 20.8 Å². The summed E-state index contributed by atoms with van der Waals surface area (Å²) in [5.41, 5.74) is 0. The van der Waals surface area contributed by atoms with Crippen molar-refractivity contribution in [1.29, 1.82) is 0 Å². The van der Waals surface area contributed by atoms with Gasteiger partial charge in [0.1, 0.15) is 0 Å². The highest BCUT2D eigenvalue weighted by molar-refractivity contribution is 4.84. The standard InChI is InChI=1S/C9H19N2/c1-4-11(5-2)9-7-10-6-8(9)3/h8-9H,4-7H2,1-3H3. The van der Waals surface area contributed by atoms with E-state index in [2.05, 4.69) is 31.0 Å². The molecule has 0 aromatic carbocycles. The summed E-state index contributed by atoms with van der Waals surface area (Å²) >= 11 is 0. The zero-order valence-electron chi connectivity index (χ0n) is 7.88. The minimum absolute atomic E-state index is 0.727. The fourth-order valence-corrected chi connectivity index (χ4v) is 1.88. The third kappa shape index (κ3) is 1.94. The largest absolute Gasteiger partial charge is 0.299 e. The number of nitrogens with zero attached hydrogens (tertiary/aromatic N) is 2. The normalized spacial score (nSPS) is 31.6. The average molecular weight is 155 g/mol. The maximum Gasteiger partial charge on any atom is 0.0292 e. The zero-order valence-corrected chi connectivity index (χ0v) is 7.88. The number of rotatable bonds is 3. The summed E-state index contributed by atoms with van der Waals surface area (Å²) < 4.78 is 0. The van der Waals surface area contributed by atoms with Crippen molar-refractivity contribution in [2.24, 2.45) is 5.92 Å². The smallest absolute Gasteiger partial charge is 0.0292 e. The van der Waals surface area contributed by atoms with Crippen LogP contribution in [0.15, 0.2) is 0 Å². The van der Waals surface area contributed by atoms with E-state index in [1.54, 1.807) is 0 Å². The van der Waals surface area contributed by atoms with E-state index >= 15 is 0 Å². The van der Waals surface area contributed by atoms with Crippen LogP contribution in [0.1, 0.15) is 20.8 Å². The molecule has 0 spiro atoms. The van der Waals surface area contributed by atoms with E-state index in [9.17, 15) is 0 Å². The average Bonchev–Trinajstić information content (AvgIpc) is 2.40. The summed E-state index contributed by atoms with van der Waals surface area (Å²) in [4.78, 5) is 2.52. The molecule has 2 nitrogen and oxygen atoms in total. The van der Waals surface area contributed by atoms with E-state index in [0.29, 0.717) is 0 Å². The Morgan fingerprint density at radius 1 is 1.27 bits per heavy atom. The number of hydrogen-bond acceptors (Lipinski definition) is 1. The molecule has 1 aliphatic heterocycles. The predicted octanol–water partition coefficient (Wildman–Crippen LogP) is 0.951. The van der Waals surface area contributed by atoms with E-state index in [4.69, 9.17) is 0 Å². The fraction of sp³-hybridized carbons (Fsp3) is 1.00. The van der Waals surface area contributed by atoms with Crippen molar-refractivity contribution in [3.63, 3.8) is 0 Å². The van der Waals surface area contributed by atoms with Crippen molar-refractivity contribution in [1.82, 2.24) is 10.2 Å². The van der Waals surface area contributed by atoms with Crippen molar-refractivity contribution in [3.05, 3.63) is 0 Å². The third-order valence-corrected chi connectivity index (χ3v) is 2.67. The van der Waals surface area contributed by atoms with Gasteiger partial charge in [-0.2, -0.15) is 0 Å². The first-order chi connectivity index (χ1) is 5.29. The quantitative estimate of drug-likeness (QED) is 0.593. The molecule has 0 aromatic heterocycles. The second kappa shape index (κ2) is 4.07. The molecule has 1 aliphatic rings. The summed E-state index contributed by atoms with van der Waals surface area (Å²) in [6.07, 6.45) is 0. The summed E-state index contributed by atoms with van der Waals surface area (Å²) in [5, 5.41) is 4.42. The lowest BCUT2D eigenvalue weighted by Crippen LogP contribution is -2.39. The van der Waals surface area contributed by atoms with Gasteiger partial charge in [0.2, 0.25) is 0 Å². The molecule has 1 fully saturated rings. The molecule has 2 unspecified atom stereocenters. The van der Waals surface area contributed by atoms with Gasteiger partial charge in [-0.3, -0.25) is 4.90 Å². The van der Waals surface area contributed by atoms with Gasteiger partial charge in [-0.15, -0.1) is 0 Å². The molecule has 2 heteroatoms. The molecule has 0 aliphatic carbocycles. The topological polar surface area (TPSA) is 17.3 Å². The first-order valence-electron chi connectivity index (χ1n) is 4.66. The summed E-state index contributed by atoms with van der Waals surface area (Å²) in [6, 6.07) is 0.727. The molecule has 1 saturated heterocycles. The summed E-state index contributed by atoms with van der Waals surface area (Å²) in [5.74, 6) is 0.773. The molecule has 0 aromatic rings. The summed E-state index contributed by atoms with van der Waals surface area (Å²) in [6.45, 7) is 11.2. The molecule has 1 heterocycles. The molecular formula is C9H19N2. The van der Waals surface area contributed by atoms with Crippen LogP contribution in [-0.4, -0.2) is 37.1 Å². The monoisotopic (exact) mass is 155 g/mol. The van der Waals surface area contributed by atoms with Crippen LogP contribution in [0, 0.1) is 5.92 Å². The Balaban J connectivity index is 2.43. The van der Waals surface area contributed by atoms with E-state index in [-0.39, 0.29) is 0 Å². The second-order valence-corrected chi connectivity index (χ2v) is 3.35. The van der Waals surface area contributed by atoms with Gasteiger partial charge in [-0.05, 0) is 19.0 Å². The van der Waals surface area contributed by atoms with Gasteiger partial charge < -0.3 is 0 Å². The molecule has 11 heavy (non-hydrogen) atoms. The van der Waals surface area contributed by atoms with E-state index < -0.39 is 0 Å². The SMILES string of the molecule is CCN(CC)C1C[N]CC1C. The summed E-state index contributed by atoms with van der Waals surface area (Å²) in [7, 11) is 0. The second-order valence-electron chi connectivity index (χ2n) is 3.35. The lowest BCUT2D eigenvalue weighted by atomic mass is 10.1. The Hall–Kier alpha value is -0.0800. The molecule has 0 N–H and O–H groups in total. The van der Waals surface area contributed by atoms with Crippen molar-refractivity contribution in [2.75, 3.05) is 26.2 Å². The van der Waals surface area contributed by atoms with Crippen LogP contribution in [-0.2, 0) is 0 Å². The molecule has 1 radical (unpaired) electrons. The van der Waals surface area contributed by atoms with Crippen molar-refractivity contribution in [3.8, 4) is 0 Å². The van der Waals surface area contributed by atoms with Crippen LogP contribution in [0.4, 0.5) is 0 Å². The van der Waals surface area contributed by atoms with Gasteiger partial charge in [-0.25, -0.2) is 5.32 Å². The lowest BCUT2D eigenvalue weighted by Gasteiger charge is -2.28. The van der Waals surface area contributed by atoms with Gasteiger partial charge in [0.25, 0.3) is 0 Å². The Labute approximate surface area is 70.0 Å². The molecular weight excluding hydrogens is 136 g/mol. The maximum atomic E-state index is 4.42. The Morgan fingerprint density at radius 2 is 1.91 bits per heavy atom. The number of hydrogen-bond donors (Lipinski definition) is 0. The first-order valence-corrected chi connectivity index (χ1v) is 4.66. The van der Waals surface area contributed by atoms with Gasteiger partial charge in [0.15, 0.2) is 0 Å². The van der Waals surface area contributed by atoms with Crippen LogP contribution >= 0.6 is 0 Å². The van der Waals surface area contributed by atoms with E-state index in [1.807, 2.05) is 0 Å². The third-order valence-electron chi connectivity index (χ3n) is 2.67. The van der Waals surface area contributed by atoms with Gasteiger partial charge in [0, 0.05) is 19.1 Å². The molecule has 1 rings (SSSR count). The van der Waals surface area contributed by atoms with E-state index in [1.165, 1.54) is 13.1 Å². The van der Waals surface area contributed by atoms with E-state index in [0.717, 1.165) is 25.0 Å². The van der Waals surface area contributed by atoms with Crippen LogP contribution in [0.3, 0.4) is 0 Å². The van der Waals surface area contributed by atoms with Gasteiger partial charge >= 0.3 is 0 Å². The van der Waals surface area contributed by atoms with Crippen LogP contribution in [0.25, 0.3) is 0 Å². The van der Waals surface area contributed by atoms with Crippen molar-refractivity contribution >= 4 is 0 Å². The Kier molecular flexibility index (Phi) is 3.34.